The number of hydrogen-bond donors (Lipinski definition) is 0. The Kier molecular flexibility index (Phi) is 6.60. The summed E-state index contributed by atoms with van der Waals surface area (Å²) in [6.07, 6.45) is 0. The number of hydrogen-bond acceptors (Lipinski definition) is 1. The van der Waals surface area contributed by atoms with Crippen molar-refractivity contribution >= 4 is 96.1 Å². The van der Waals surface area contributed by atoms with Crippen LogP contribution in [0.3, 0.4) is 0 Å². The third-order valence-electron chi connectivity index (χ3n) is 11.8. The maximum absolute atomic E-state index is 2.49. The van der Waals surface area contributed by atoms with Crippen LogP contribution in [0.5, 0.6) is 0 Å². The van der Waals surface area contributed by atoms with Crippen molar-refractivity contribution in [2.75, 3.05) is 0 Å². The molecule has 1 aromatic heterocycles. The fourth-order valence-electron chi connectivity index (χ4n) is 9.27. The van der Waals surface area contributed by atoms with Crippen LogP contribution < -0.4 is 0 Å². The lowest BCUT2D eigenvalue weighted by Gasteiger charge is -2.19. The van der Waals surface area contributed by atoms with E-state index in [0.717, 1.165) is 0 Å². The molecule has 254 valence electrons. The Labute approximate surface area is 322 Å². The van der Waals surface area contributed by atoms with Gasteiger partial charge in [0.05, 0.1) is 0 Å². The zero-order chi connectivity index (χ0) is 36.0. The van der Waals surface area contributed by atoms with Crippen molar-refractivity contribution in [2.45, 2.75) is 0 Å². The van der Waals surface area contributed by atoms with Gasteiger partial charge in [0.1, 0.15) is 0 Å². The van der Waals surface area contributed by atoms with Crippen molar-refractivity contribution in [2.24, 2.45) is 0 Å². The van der Waals surface area contributed by atoms with E-state index in [-0.39, 0.29) is 0 Å². The Morgan fingerprint density at radius 3 is 1.53 bits per heavy atom. The average molecular weight is 713 g/mol. The molecule has 11 aromatic carbocycles. The summed E-state index contributed by atoms with van der Waals surface area (Å²) in [6.45, 7) is 0. The van der Waals surface area contributed by atoms with Crippen LogP contribution in [0, 0.1) is 0 Å². The molecule has 0 saturated heterocycles. The van der Waals surface area contributed by atoms with Crippen molar-refractivity contribution in [3.05, 3.63) is 194 Å². The van der Waals surface area contributed by atoms with Crippen LogP contribution in [0.1, 0.15) is 0 Å². The smallest absolute Gasteiger partial charge is 0.0434 e. The highest BCUT2D eigenvalue weighted by Crippen LogP contribution is 2.49. The van der Waals surface area contributed by atoms with Gasteiger partial charge in [0.2, 0.25) is 0 Å². The maximum Gasteiger partial charge on any atom is 0.0434 e. The number of benzene rings is 11. The second kappa shape index (κ2) is 11.9. The highest BCUT2D eigenvalue weighted by atomic mass is 32.1. The summed E-state index contributed by atoms with van der Waals surface area (Å²) in [5, 5.41) is 18.0. The summed E-state index contributed by atoms with van der Waals surface area (Å²) in [4.78, 5) is 0. The van der Waals surface area contributed by atoms with E-state index < -0.39 is 0 Å². The monoisotopic (exact) mass is 712 g/mol. The standard InChI is InChI=1S/C54H32S/c1-2-14-36-31-51-48(30-35(36)13-1)50-32-49(42-17-5-10-22-47(42)54(50)55-51)53-45-20-8-6-18-43(45)52(44-19-7-9-21-46(44)53)38-27-25-33-24-26-37(28-39(33)29-38)41-23-11-15-34-12-3-4-16-40(34)41/h1-32H. The minimum atomic E-state index is 1.23. The first-order valence-corrected chi connectivity index (χ1v) is 19.8. The minimum Gasteiger partial charge on any atom is -0.135 e. The molecule has 0 unspecified atom stereocenters. The molecule has 0 amide bonds. The van der Waals surface area contributed by atoms with Gasteiger partial charge in [-0.25, -0.2) is 0 Å². The van der Waals surface area contributed by atoms with E-state index in [1.54, 1.807) is 0 Å². The first kappa shape index (κ1) is 30.6. The lowest BCUT2D eigenvalue weighted by Crippen LogP contribution is -1.92. The predicted molar refractivity (Wildman–Crippen MR) is 241 cm³/mol. The molecule has 0 N–H and O–H groups in total. The molecule has 0 aliphatic carbocycles. The van der Waals surface area contributed by atoms with Gasteiger partial charge in [-0.05, 0) is 123 Å². The van der Waals surface area contributed by atoms with E-state index in [4.69, 9.17) is 0 Å². The lowest BCUT2D eigenvalue weighted by atomic mass is 9.84. The van der Waals surface area contributed by atoms with E-state index in [2.05, 4.69) is 194 Å². The first-order chi connectivity index (χ1) is 27.3. The zero-order valence-electron chi connectivity index (χ0n) is 29.9. The van der Waals surface area contributed by atoms with Gasteiger partial charge >= 0.3 is 0 Å². The van der Waals surface area contributed by atoms with E-state index in [0.29, 0.717) is 0 Å². The van der Waals surface area contributed by atoms with Crippen molar-refractivity contribution in [1.82, 2.24) is 0 Å². The third kappa shape index (κ3) is 4.64. The van der Waals surface area contributed by atoms with Gasteiger partial charge in [-0.2, -0.15) is 0 Å². The van der Waals surface area contributed by atoms with Crippen LogP contribution in [0.2, 0.25) is 0 Å². The van der Waals surface area contributed by atoms with Crippen LogP contribution in [0.4, 0.5) is 0 Å². The van der Waals surface area contributed by atoms with E-state index in [9.17, 15) is 0 Å². The minimum absolute atomic E-state index is 1.23. The number of fused-ring (bicyclic) bond motifs is 10. The Morgan fingerprint density at radius 1 is 0.255 bits per heavy atom. The average Bonchev–Trinajstić information content (AvgIpc) is 3.61. The molecule has 1 heterocycles. The predicted octanol–water partition coefficient (Wildman–Crippen LogP) is 16.0. The van der Waals surface area contributed by atoms with E-state index >= 15 is 0 Å². The maximum atomic E-state index is 2.49. The summed E-state index contributed by atoms with van der Waals surface area (Å²) in [6, 6.07) is 72.3. The number of thiophene rings is 1. The summed E-state index contributed by atoms with van der Waals surface area (Å²) in [5.41, 5.74) is 7.60. The fraction of sp³-hybridized carbons (Fsp3) is 0. The molecule has 0 radical (unpaired) electrons. The second-order valence-electron chi connectivity index (χ2n) is 14.8. The molecular formula is C54H32S. The Bertz CT molecular complexity index is 3490. The Balaban J connectivity index is 1.13. The Morgan fingerprint density at radius 2 is 0.800 bits per heavy atom. The number of rotatable bonds is 3. The molecule has 0 aliphatic rings. The van der Waals surface area contributed by atoms with Gasteiger partial charge in [0.15, 0.2) is 0 Å². The third-order valence-corrected chi connectivity index (χ3v) is 13.0. The molecular weight excluding hydrogens is 681 g/mol. The van der Waals surface area contributed by atoms with Gasteiger partial charge in [0, 0.05) is 25.6 Å². The van der Waals surface area contributed by atoms with Crippen LogP contribution in [0.15, 0.2) is 194 Å². The topological polar surface area (TPSA) is 0 Å². The summed E-state index contributed by atoms with van der Waals surface area (Å²) < 4.78 is 2.69. The molecule has 12 aromatic rings. The van der Waals surface area contributed by atoms with Crippen LogP contribution in [-0.4, -0.2) is 0 Å². The SMILES string of the molecule is c1ccc2cc3c(cc2c1)sc1c2ccccc2c(-c2c4ccccc4c(-c4ccc5ccc(-c6cccc7ccccc67)cc5c4)c4ccccc24)cc31. The highest BCUT2D eigenvalue weighted by molar-refractivity contribution is 7.26. The Hall–Kier alpha value is -6.80. The van der Waals surface area contributed by atoms with Crippen molar-refractivity contribution in [3.63, 3.8) is 0 Å². The van der Waals surface area contributed by atoms with Gasteiger partial charge in [-0.1, -0.05) is 164 Å². The van der Waals surface area contributed by atoms with Crippen molar-refractivity contribution < 1.29 is 0 Å². The quantitative estimate of drug-likeness (QED) is 0.160. The molecule has 0 fully saturated rings. The molecule has 0 saturated carbocycles. The summed E-state index contributed by atoms with van der Waals surface area (Å²) in [7, 11) is 0. The van der Waals surface area contributed by atoms with Gasteiger partial charge in [-0.3, -0.25) is 0 Å². The van der Waals surface area contributed by atoms with Gasteiger partial charge < -0.3 is 0 Å². The van der Waals surface area contributed by atoms with Crippen LogP contribution in [-0.2, 0) is 0 Å². The normalized spacial score (nSPS) is 12.0. The molecule has 55 heavy (non-hydrogen) atoms. The van der Waals surface area contributed by atoms with Crippen molar-refractivity contribution in [1.29, 1.82) is 0 Å². The van der Waals surface area contributed by atoms with E-state index in [1.807, 2.05) is 11.3 Å². The second-order valence-corrected chi connectivity index (χ2v) is 15.8. The molecule has 1 heteroatoms. The van der Waals surface area contributed by atoms with E-state index in [1.165, 1.54) is 118 Å². The largest absolute Gasteiger partial charge is 0.135 e. The highest BCUT2D eigenvalue weighted by Gasteiger charge is 2.21. The molecule has 0 bridgehead atoms. The summed E-state index contributed by atoms with van der Waals surface area (Å²) in [5.74, 6) is 0. The first-order valence-electron chi connectivity index (χ1n) is 19.0. The molecule has 0 nitrogen and oxygen atoms in total. The molecule has 12 rings (SSSR count). The van der Waals surface area contributed by atoms with Gasteiger partial charge in [-0.15, -0.1) is 11.3 Å². The fourth-order valence-corrected chi connectivity index (χ4v) is 10.5. The lowest BCUT2D eigenvalue weighted by molar-refractivity contribution is 1.67. The molecule has 0 aliphatic heterocycles. The van der Waals surface area contributed by atoms with Crippen LogP contribution in [0.25, 0.3) is 118 Å². The van der Waals surface area contributed by atoms with Gasteiger partial charge in [0.25, 0.3) is 0 Å². The summed E-state index contributed by atoms with van der Waals surface area (Å²) >= 11 is 1.92. The van der Waals surface area contributed by atoms with Crippen molar-refractivity contribution in [3.8, 4) is 33.4 Å². The molecule has 0 atom stereocenters. The van der Waals surface area contributed by atoms with Crippen LogP contribution >= 0.6 is 11.3 Å². The zero-order valence-corrected chi connectivity index (χ0v) is 30.7. The molecule has 0 spiro atoms.